The van der Waals surface area contributed by atoms with E-state index >= 15 is 0 Å². The van der Waals surface area contributed by atoms with E-state index in [4.69, 9.17) is 0 Å². The molecule has 2 amide bonds. The van der Waals surface area contributed by atoms with Gasteiger partial charge in [-0.2, -0.15) is 0 Å². The maximum atomic E-state index is 12.8. The highest BCUT2D eigenvalue weighted by molar-refractivity contribution is 5.92. The summed E-state index contributed by atoms with van der Waals surface area (Å²) in [5.74, 6) is 0.657. The van der Waals surface area contributed by atoms with Crippen LogP contribution in [-0.4, -0.2) is 57.8 Å². The topological polar surface area (TPSA) is 86.4 Å². The quantitative estimate of drug-likeness (QED) is 0.885. The highest BCUT2D eigenvalue weighted by Gasteiger charge is 2.42. The summed E-state index contributed by atoms with van der Waals surface area (Å²) in [4.78, 5) is 46.5. The van der Waals surface area contributed by atoms with Crippen LogP contribution in [0.15, 0.2) is 17.2 Å². The van der Waals surface area contributed by atoms with Crippen LogP contribution in [0, 0.1) is 11.3 Å². The second kappa shape index (κ2) is 7.60. The van der Waals surface area contributed by atoms with Crippen LogP contribution in [0.4, 0.5) is 0 Å². The summed E-state index contributed by atoms with van der Waals surface area (Å²) in [5.41, 5.74) is -0.0606. The first-order chi connectivity index (χ1) is 12.4. The number of aromatic nitrogens is 2. The van der Waals surface area contributed by atoms with Gasteiger partial charge in [-0.1, -0.05) is 13.8 Å². The first-order valence-corrected chi connectivity index (χ1v) is 9.50. The number of nitrogens with zero attached hydrogens (tertiary/aromatic N) is 3. The van der Waals surface area contributed by atoms with Gasteiger partial charge in [-0.25, -0.2) is 4.98 Å². The number of hydrogen-bond donors (Lipinski definition) is 1. The lowest BCUT2D eigenvalue weighted by molar-refractivity contribution is -0.139. The van der Waals surface area contributed by atoms with Crippen molar-refractivity contribution in [1.29, 1.82) is 0 Å². The fraction of sp³-hybridized carbons (Fsp3) is 0.684. The molecule has 7 heteroatoms. The van der Waals surface area contributed by atoms with Crippen LogP contribution < -0.4 is 5.56 Å². The monoisotopic (exact) mass is 360 g/mol. The molecule has 3 heterocycles. The standard InChI is InChI=1S/C19H28N4O3/c1-14(2)5-9-22-12-19(7-4-17(22)25)6-3-8-23(13-19)18(26)15-10-21-16(24)11-20-15/h10-11,14H,3-9,12-13H2,1-2H3,(H,21,24). The third-order valence-electron chi connectivity index (χ3n) is 5.56. The fourth-order valence-corrected chi connectivity index (χ4v) is 4.06. The minimum atomic E-state index is -0.316. The summed E-state index contributed by atoms with van der Waals surface area (Å²) < 4.78 is 0. The molecule has 0 aliphatic carbocycles. The second-order valence-electron chi connectivity index (χ2n) is 8.12. The molecule has 2 saturated heterocycles. The van der Waals surface area contributed by atoms with E-state index in [2.05, 4.69) is 23.8 Å². The summed E-state index contributed by atoms with van der Waals surface area (Å²) in [6.45, 7) is 7.22. The van der Waals surface area contributed by atoms with Crippen LogP contribution in [0.25, 0.3) is 0 Å². The molecular formula is C19H28N4O3. The summed E-state index contributed by atoms with van der Waals surface area (Å²) in [7, 11) is 0. The molecule has 1 N–H and O–H groups in total. The Morgan fingerprint density at radius 3 is 2.81 bits per heavy atom. The van der Waals surface area contributed by atoms with Crippen molar-refractivity contribution < 1.29 is 9.59 Å². The van der Waals surface area contributed by atoms with Crippen molar-refractivity contribution in [2.45, 2.75) is 46.0 Å². The third kappa shape index (κ3) is 4.14. The van der Waals surface area contributed by atoms with Gasteiger partial charge < -0.3 is 14.8 Å². The molecule has 1 aromatic rings. The molecule has 1 aromatic heterocycles. The minimum absolute atomic E-state index is 0.0129. The Morgan fingerprint density at radius 2 is 2.12 bits per heavy atom. The van der Waals surface area contributed by atoms with Crippen molar-refractivity contribution in [2.75, 3.05) is 26.2 Å². The summed E-state index contributed by atoms with van der Waals surface area (Å²) in [6, 6.07) is 0. The molecule has 2 fully saturated rings. The molecule has 1 spiro atoms. The molecule has 1 atom stereocenters. The van der Waals surface area contributed by atoms with Gasteiger partial charge in [0, 0.05) is 44.2 Å². The Balaban J connectivity index is 1.70. The normalized spacial score (nSPS) is 23.7. The zero-order valence-corrected chi connectivity index (χ0v) is 15.7. The number of aromatic amines is 1. The Labute approximate surface area is 153 Å². The van der Waals surface area contributed by atoms with Gasteiger partial charge in [0.15, 0.2) is 0 Å². The molecule has 2 aliphatic heterocycles. The maximum Gasteiger partial charge on any atom is 0.273 e. The number of amides is 2. The van der Waals surface area contributed by atoms with Gasteiger partial charge >= 0.3 is 0 Å². The number of piperidine rings is 2. The van der Waals surface area contributed by atoms with Gasteiger partial charge in [-0.3, -0.25) is 14.4 Å². The zero-order valence-electron chi connectivity index (χ0n) is 15.7. The Bertz CT molecular complexity index is 709. The van der Waals surface area contributed by atoms with Crippen molar-refractivity contribution in [3.8, 4) is 0 Å². The highest BCUT2D eigenvalue weighted by Crippen LogP contribution is 2.39. The first-order valence-electron chi connectivity index (χ1n) is 9.50. The number of likely N-dealkylation sites (tertiary alicyclic amines) is 2. The number of H-pyrrole nitrogens is 1. The lowest BCUT2D eigenvalue weighted by Gasteiger charge is -2.48. The number of hydrogen-bond acceptors (Lipinski definition) is 4. The fourth-order valence-electron chi connectivity index (χ4n) is 4.06. The van der Waals surface area contributed by atoms with Gasteiger partial charge in [0.05, 0.1) is 6.20 Å². The Hall–Kier alpha value is -2.18. The van der Waals surface area contributed by atoms with E-state index in [1.54, 1.807) is 0 Å². The summed E-state index contributed by atoms with van der Waals surface area (Å²) >= 11 is 0. The van der Waals surface area contributed by atoms with Crippen LogP contribution in [0.3, 0.4) is 0 Å². The third-order valence-corrected chi connectivity index (χ3v) is 5.56. The van der Waals surface area contributed by atoms with Gasteiger partial charge in [0.1, 0.15) is 5.69 Å². The van der Waals surface area contributed by atoms with E-state index in [1.165, 1.54) is 6.20 Å². The lowest BCUT2D eigenvalue weighted by Crippen LogP contribution is -2.55. The van der Waals surface area contributed by atoms with Crippen LogP contribution in [0.2, 0.25) is 0 Å². The molecule has 3 rings (SSSR count). The predicted octanol–water partition coefficient (Wildman–Crippen LogP) is 1.66. The van der Waals surface area contributed by atoms with E-state index in [1.807, 2.05) is 9.80 Å². The zero-order chi connectivity index (χ0) is 18.7. The van der Waals surface area contributed by atoms with Gasteiger partial charge in [-0.15, -0.1) is 0 Å². The van der Waals surface area contributed by atoms with Crippen molar-refractivity contribution in [2.24, 2.45) is 11.3 Å². The van der Waals surface area contributed by atoms with E-state index in [0.29, 0.717) is 25.4 Å². The molecule has 7 nitrogen and oxygen atoms in total. The molecule has 0 bridgehead atoms. The van der Waals surface area contributed by atoms with E-state index in [9.17, 15) is 14.4 Å². The molecule has 0 radical (unpaired) electrons. The number of carbonyl (C=O) groups is 2. The largest absolute Gasteiger partial charge is 0.342 e. The van der Waals surface area contributed by atoms with E-state index in [-0.39, 0.29) is 28.5 Å². The molecule has 2 aliphatic rings. The summed E-state index contributed by atoms with van der Waals surface area (Å²) in [6.07, 6.45) is 6.91. The second-order valence-corrected chi connectivity index (χ2v) is 8.12. The van der Waals surface area contributed by atoms with Crippen molar-refractivity contribution in [3.05, 3.63) is 28.4 Å². The van der Waals surface area contributed by atoms with E-state index < -0.39 is 0 Å². The van der Waals surface area contributed by atoms with E-state index in [0.717, 1.165) is 45.0 Å². The predicted molar refractivity (Wildman–Crippen MR) is 97.7 cm³/mol. The minimum Gasteiger partial charge on any atom is -0.342 e. The van der Waals surface area contributed by atoms with Crippen molar-refractivity contribution >= 4 is 11.8 Å². The van der Waals surface area contributed by atoms with Crippen LogP contribution in [0.1, 0.15) is 56.4 Å². The Morgan fingerprint density at radius 1 is 1.31 bits per heavy atom. The molecule has 26 heavy (non-hydrogen) atoms. The van der Waals surface area contributed by atoms with Crippen LogP contribution in [0.5, 0.6) is 0 Å². The average molecular weight is 360 g/mol. The highest BCUT2D eigenvalue weighted by atomic mass is 16.2. The van der Waals surface area contributed by atoms with Gasteiger partial charge in [0.2, 0.25) is 5.91 Å². The maximum absolute atomic E-state index is 12.8. The molecule has 0 saturated carbocycles. The number of carbonyl (C=O) groups excluding carboxylic acids is 2. The van der Waals surface area contributed by atoms with Crippen molar-refractivity contribution in [3.63, 3.8) is 0 Å². The molecule has 142 valence electrons. The molecule has 0 aromatic carbocycles. The molecular weight excluding hydrogens is 332 g/mol. The van der Waals surface area contributed by atoms with Crippen LogP contribution in [-0.2, 0) is 4.79 Å². The van der Waals surface area contributed by atoms with Crippen LogP contribution >= 0.6 is 0 Å². The first kappa shape index (κ1) is 18.6. The van der Waals surface area contributed by atoms with Gasteiger partial charge in [-0.05, 0) is 31.6 Å². The summed E-state index contributed by atoms with van der Waals surface area (Å²) in [5, 5.41) is 0. The lowest BCUT2D eigenvalue weighted by atomic mass is 9.73. The molecule has 1 unspecified atom stereocenters. The van der Waals surface area contributed by atoms with Gasteiger partial charge in [0.25, 0.3) is 11.5 Å². The van der Waals surface area contributed by atoms with Crippen molar-refractivity contribution in [1.82, 2.24) is 19.8 Å². The SMILES string of the molecule is CC(C)CCN1CC2(CCCN(C(=O)c3c[nH]c(=O)cn3)C2)CCC1=O. The average Bonchev–Trinajstić information content (AvgIpc) is 2.63. The number of nitrogens with one attached hydrogen (secondary N) is 1. The smallest absolute Gasteiger partial charge is 0.273 e. The Kier molecular flexibility index (Phi) is 5.44. The number of rotatable bonds is 4.